The van der Waals surface area contributed by atoms with Crippen molar-refractivity contribution in [3.63, 3.8) is 0 Å². The summed E-state index contributed by atoms with van der Waals surface area (Å²) < 4.78 is 0. The van der Waals surface area contributed by atoms with Crippen molar-refractivity contribution in [2.45, 2.75) is 0 Å². The first-order valence-electron chi connectivity index (χ1n) is 7.20. The summed E-state index contributed by atoms with van der Waals surface area (Å²) in [5, 5.41) is 44.6. The van der Waals surface area contributed by atoms with Crippen LogP contribution in [0.5, 0.6) is 5.75 Å². The number of aromatic nitrogens is 1. The summed E-state index contributed by atoms with van der Waals surface area (Å²) in [6, 6.07) is 15.7. The summed E-state index contributed by atoms with van der Waals surface area (Å²) in [6.45, 7) is 0. The van der Waals surface area contributed by atoms with Gasteiger partial charge in [-0.25, -0.2) is 0 Å². The second-order valence-electron chi connectivity index (χ2n) is 4.81. The van der Waals surface area contributed by atoms with Gasteiger partial charge in [0.15, 0.2) is 0 Å². The molecule has 0 bridgehead atoms. The van der Waals surface area contributed by atoms with Gasteiger partial charge in [0.1, 0.15) is 5.75 Å². The van der Waals surface area contributed by atoms with Gasteiger partial charge in [-0.3, -0.25) is 4.98 Å². The summed E-state index contributed by atoms with van der Waals surface area (Å²) in [7, 11) is 0. The first-order chi connectivity index (χ1) is 12.5. The van der Waals surface area contributed by atoms with Crippen LogP contribution in [0.1, 0.15) is 11.1 Å². The summed E-state index contributed by atoms with van der Waals surface area (Å²) >= 11 is 0. The Balaban J connectivity index is 0.000000666. The van der Waals surface area contributed by atoms with Gasteiger partial charge < -0.3 is 25.5 Å². The van der Waals surface area contributed by atoms with Crippen LogP contribution in [-0.4, -0.2) is 27.3 Å². The monoisotopic (exact) mass is 415 g/mol. The van der Waals surface area contributed by atoms with Crippen LogP contribution in [-0.2, 0) is 17.1 Å². The Morgan fingerprint density at radius 3 is 2.44 bits per heavy atom. The first kappa shape index (κ1) is 21.6. The quantitative estimate of drug-likeness (QED) is 0.227. The summed E-state index contributed by atoms with van der Waals surface area (Å²) in [5.74, 6) is -0.708. The van der Waals surface area contributed by atoms with Crippen molar-refractivity contribution in [3.8, 4) is 5.75 Å². The molecule has 0 saturated carbocycles. The van der Waals surface area contributed by atoms with E-state index in [-0.39, 0.29) is 28.4 Å². The Kier molecular flexibility index (Phi) is 8.37. The Hall–Kier alpha value is -3.49. The Bertz CT molecular complexity index is 969. The molecule has 27 heavy (non-hydrogen) atoms. The van der Waals surface area contributed by atoms with E-state index in [9.17, 15) is 10.2 Å². The smallest absolute Gasteiger partial charge is 0.857 e. The van der Waals surface area contributed by atoms with E-state index in [0.29, 0.717) is 0 Å². The second kappa shape index (κ2) is 10.5. The molecular weight excluding hydrogens is 404 g/mol. The van der Waals surface area contributed by atoms with Crippen molar-refractivity contribution < 1.29 is 32.4 Å². The number of para-hydroxylation sites is 2. The van der Waals surface area contributed by atoms with E-state index in [0.717, 1.165) is 16.5 Å². The molecule has 1 radical (unpaired) electrons. The van der Waals surface area contributed by atoms with E-state index < -0.39 is 11.0 Å². The van der Waals surface area contributed by atoms with Crippen molar-refractivity contribution in [2.75, 3.05) is 0 Å². The molecule has 0 unspecified atom stereocenters. The molecule has 0 saturated heterocycles. The van der Waals surface area contributed by atoms with E-state index in [2.05, 4.69) is 15.2 Å². The number of aromatic hydroxyl groups is 1. The largest absolute Gasteiger partial charge is 2.00 e. The van der Waals surface area contributed by atoms with Crippen LogP contribution < -0.4 is 5.11 Å². The normalized spacial score (nSPS) is 10.7. The molecule has 3 rings (SSSR count). The van der Waals surface area contributed by atoms with Gasteiger partial charge in [0.05, 0.1) is 16.8 Å². The third-order valence-electron chi connectivity index (χ3n) is 3.14. The summed E-state index contributed by atoms with van der Waals surface area (Å²) in [4.78, 5) is 12.5. The molecule has 141 valence electrons. The predicted molar refractivity (Wildman–Crippen MR) is 94.3 cm³/mol. The first-order valence-corrected chi connectivity index (χ1v) is 7.20. The number of hydrogen-bond acceptors (Lipinski definition) is 8. The van der Waals surface area contributed by atoms with E-state index in [1.54, 1.807) is 18.3 Å². The van der Waals surface area contributed by atoms with Gasteiger partial charge in [-0.2, -0.15) is 10.2 Å². The van der Waals surface area contributed by atoms with Gasteiger partial charge >= 0.3 is 17.1 Å². The zero-order chi connectivity index (χ0) is 18.9. The summed E-state index contributed by atoms with van der Waals surface area (Å²) in [6.07, 6.45) is 3.18. The Morgan fingerprint density at radius 2 is 1.74 bits per heavy atom. The van der Waals surface area contributed by atoms with Crippen LogP contribution in [0, 0.1) is 15.3 Å². The molecule has 3 aromatic rings. The number of phenolic OH excluding ortho intramolecular Hbond substituents is 1. The third kappa shape index (κ3) is 6.38. The van der Waals surface area contributed by atoms with Crippen LogP contribution in [0.15, 0.2) is 71.0 Å². The van der Waals surface area contributed by atoms with Gasteiger partial charge in [0.2, 0.25) is 0 Å². The summed E-state index contributed by atoms with van der Waals surface area (Å²) in [5.41, 5.74) is 1.68. The van der Waals surface area contributed by atoms with Crippen molar-refractivity contribution in [1.82, 2.24) is 4.98 Å². The molecule has 1 aromatic heterocycles. The molecule has 0 aliphatic carbocycles. The minimum absolute atomic E-state index is 0. The Morgan fingerprint density at radius 1 is 1.07 bits per heavy atom. The van der Waals surface area contributed by atoms with E-state index in [1.807, 2.05) is 30.3 Å². The topological polar surface area (TPSA) is 147 Å². The van der Waals surface area contributed by atoms with E-state index in [1.165, 1.54) is 18.3 Å². The molecule has 9 nitrogen and oxygen atoms in total. The van der Waals surface area contributed by atoms with Crippen molar-refractivity contribution in [1.29, 1.82) is 0 Å². The molecule has 0 atom stereocenters. The van der Waals surface area contributed by atoms with Crippen LogP contribution in [0.3, 0.4) is 0 Å². The van der Waals surface area contributed by atoms with Crippen molar-refractivity contribution in [3.05, 3.63) is 87.2 Å². The number of hydrogen-bond donors (Lipinski definition) is 1. The number of nitrogens with zero attached hydrogens (tertiary/aromatic N) is 4. The average Bonchev–Trinajstić information content (AvgIpc) is 2.62. The molecule has 0 fully saturated rings. The molecule has 0 spiro atoms. The molecule has 1 N–H and O–H groups in total. The third-order valence-corrected chi connectivity index (χ3v) is 3.14. The number of rotatable bonds is 3. The molecule has 2 aromatic carbocycles. The predicted octanol–water partition coefficient (Wildman–Crippen LogP) is 1.84. The fourth-order valence-electron chi connectivity index (χ4n) is 2.08. The Labute approximate surface area is 163 Å². The maximum atomic E-state index is 11.9. The van der Waals surface area contributed by atoms with Gasteiger partial charge in [0, 0.05) is 28.6 Å². The number of fused-ring (bicyclic) bond motifs is 1. The SMILES string of the molecule is O=[N+]([O-])[O-].[Cu+2].[O-]/C(=N\N=C\c1cccc2cccnc12)c1ccccc1O. The fourth-order valence-corrected chi connectivity index (χ4v) is 2.08. The molecule has 1 heterocycles. The second-order valence-corrected chi connectivity index (χ2v) is 4.81. The number of pyridine rings is 1. The van der Waals surface area contributed by atoms with Crippen LogP contribution in [0.4, 0.5) is 0 Å². The minimum Gasteiger partial charge on any atom is -0.857 e. The number of phenols is 1. The van der Waals surface area contributed by atoms with Crippen LogP contribution in [0.25, 0.3) is 10.9 Å². The molecule has 0 aliphatic heterocycles. The van der Waals surface area contributed by atoms with Gasteiger partial charge in [-0.05, 0) is 12.1 Å². The van der Waals surface area contributed by atoms with Gasteiger partial charge in [0.25, 0.3) is 0 Å². The van der Waals surface area contributed by atoms with Gasteiger partial charge in [-0.15, -0.1) is 0 Å². The zero-order valence-electron chi connectivity index (χ0n) is 13.5. The average molecular weight is 416 g/mol. The van der Waals surface area contributed by atoms with Crippen molar-refractivity contribution >= 4 is 23.0 Å². The van der Waals surface area contributed by atoms with Crippen LogP contribution >= 0.6 is 0 Å². The van der Waals surface area contributed by atoms with Crippen molar-refractivity contribution in [2.24, 2.45) is 10.2 Å². The minimum atomic E-state index is -1.75. The van der Waals surface area contributed by atoms with Gasteiger partial charge in [-0.1, -0.05) is 42.5 Å². The maximum Gasteiger partial charge on any atom is 2.00 e. The fraction of sp³-hybridized carbons (Fsp3) is 0. The molecule has 0 amide bonds. The number of benzene rings is 2. The van der Waals surface area contributed by atoms with E-state index in [4.69, 9.17) is 15.3 Å². The molecular formula is C17H12CuN4O5. The maximum absolute atomic E-state index is 11.9. The van der Waals surface area contributed by atoms with Crippen LogP contribution in [0.2, 0.25) is 0 Å². The van der Waals surface area contributed by atoms with E-state index >= 15 is 0 Å². The standard InChI is InChI=1S/C17H13N3O2.Cu.NO3/c21-15-9-2-1-8-14(15)17(22)20-19-11-13-6-3-5-12-7-4-10-18-16(12)13;;2-1(3)4/h1-11,21H,(H,20,22);;/q;+2;-1/p-1/b19-11+;;. The molecule has 0 aliphatic rings. The molecule has 10 heteroatoms. The zero-order valence-corrected chi connectivity index (χ0v) is 14.5.